The molecule has 0 saturated heterocycles. The molecule has 0 fully saturated rings. The molecule has 1 aromatic heterocycles. The Balaban J connectivity index is 2.46. The Bertz CT molecular complexity index is 467. The Morgan fingerprint density at radius 2 is 2.27 bits per heavy atom. The Hall–Kier alpha value is -1.55. The quantitative estimate of drug-likeness (QED) is 0.813. The normalized spacial score (nSPS) is 13.0. The minimum atomic E-state index is -1.08. The fourth-order valence-corrected chi connectivity index (χ4v) is 1.52. The van der Waals surface area contributed by atoms with Gasteiger partial charge in [-0.15, -0.1) is 0 Å². The SMILES string of the molecule is COc1ccc2cc(C(O)CF)[nH]c2c1. The highest BCUT2D eigenvalue weighted by Gasteiger charge is 2.10. The van der Waals surface area contributed by atoms with E-state index in [1.807, 2.05) is 18.2 Å². The summed E-state index contributed by atoms with van der Waals surface area (Å²) in [5.41, 5.74) is 1.32. The molecule has 2 N–H and O–H groups in total. The second-order valence-corrected chi connectivity index (χ2v) is 3.35. The third-order valence-electron chi connectivity index (χ3n) is 2.36. The number of H-pyrrole nitrogens is 1. The van der Waals surface area contributed by atoms with Crippen LogP contribution in [0.25, 0.3) is 10.9 Å². The van der Waals surface area contributed by atoms with Gasteiger partial charge < -0.3 is 14.8 Å². The predicted molar refractivity (Wildman–Crippen MR) is 55.8 cm³/mol. The van der Waals surface area contributed by atoms with E-state index in [1.54, 1.807) is 13.2 Å². The number of halogens is 1. The fourth-order valence-electron chi connectivity index (χ4n) is 1.52. The van der Waals surface area contributed by atoms with E-state index >= 15 is 0 Å². The predicted octanol–water partition coefficient (Wildman–Crippen LogP) is 2.18. The zero-order valence-corrected chi connectivity index (χ0v) is 8.33. The molecule has 0 aliphatic carbocycles. The van der Waals surface area contributed by atoms with Crippen LogP contribution in [-0.4, -0.2) is 23.9 Å². The first-order valence-electron chi connectivity index (χ1n) is 4.65. The summed E-state index contributed by atoms with van der Waals surface area (Å²) in [4.78, 5) is 2.95. The van der Waals surface area contributed by atoms with Crippen molar-refractivity contribution in [2.24, 2.45) is 0 Å². The molecule has 0 bridgehead atoms. The molecule has 0 spiro atoms. The summed E-state index contributed by atoms with van der Waals surface area (Å²) in [7, 11) is 1.58. The Kier molecular flexibility index (Phi) is 2.60. The van der Waals surface area contributed by atoms with Gasteiger partial charge in [0.2, 0.25) is 0 Å². The topological polar surface area (TPSA) is 45.2 Å². The van der Waals surface area contributed by atoms with Crippen LogP contribution in [0.1, 0.15) is 11.8 Å². The number of rotatable bonds is 3. The zero-order valence-electron chi connectivity index (χ0n) is 8.33. The summed E-state index contributed by atoms with van der Waals surface area (Å²) in [5.74, 6) is 0.727. The average molecular weight is 209 g/mol. The first-order valence-corrected chi connectivity index (χ1v) is 4.65. The average Bonchev–Trinajstić information content (AvgIpc) is 2.70. The van der Waals surface area contributed by atoms with Crippen molar-refractivity contribution >= 4 is 10.9 Å². The van der Waals surface area contributed by atoms with Gasteiger partial charge in [-0.1, -0.05) is 0 Å². The number of fused-ring (bicyclic) bond motifs is 1. The van der Waals surface area contributed by atoms with Crippen LogP contribution in [0.5, 0.6) is 5.75 Å². The van der Waals surface area contributed by atoms with Gasteiger partial charge in [-0.3, -0.25) is 0 Å². The van der Waals surface area contributed by atoms with Crippen molar-refractivity contribution in [1.29, 1.82) is 0 Å². The molecule has 2 rings (SSSR count). The number of alkyl halides is 1. The third-order valence-corrected chi connectivity index (χ3v) is 2.36. The van der Waals surface area contributed by atoms with Gasteiger partial charge >= 0.3 is 0 Å². The monoisotopic (exact) mass is 209 g/mol. The maximum Gasteiger partial charge on any atom is 0.122 e. The van der Waals surface area contributed by atoms with E-state index in [1.165, 1.54) is 0 Å². The van der Waals surface area contributed by atoms with Crippen molar-refractivity contribution in [2.75, 3.05) is 13.8 Å². The number of benzene rings is 1. The van der Waals surface area contributed by atoms with Crippen molar-refractivity contribution in [2.45, 2.75) is 6.10 Å². The fraction of sp³-hybridized carbons (Fsp3) is 0.273. The highest BCUT2D eigenvalue weighted by atomic mass is 19.1. The molecule has 0 aliphatic heterocycles. The highest BCUT2D eigenvalue weighted by molar-refractivity contribution is 5.81. The van der Waals surface area contributed by atoms with Crippen molar-refractivity contribution in [3.8, 4) is 5.75 Å². The van der Waals surface area contributed by atoms with Crippen molar-refractivity contribution in [1.82, 2.24) is 4.98 Å². The van der Waals surface area contributed by atoms with E-state index in [4.69, 9.17) is 4.74 Å². The Morgan fingerprint density at radius 3 is 2.93 bits per heavy atom. The molecule has 15 heavy (non-hydrogen) atoms. The molecule has 1 aromatic carbocycles. The lowest BCUT2D eigenvalue weighted by molar-refractivity contribution is 0.138. The highest BCUT2D eigenvalue weighted by Crippen LogP contribution is 2.24. The lowest BCUT2D eigenvalue weighted by atomic mass is 10.2. The van der Waals surface area contributed by atoms with Gasteiger partial charge in [0.1, 0.15) is 18.5 Å². The summed E-state index contributed by atoms with van der Waals surface area (Å²) < 4.78 is 17.3. The lowest BCUT2D eigenvalue weighted by Crippen LogP contribution is -1.98. The van der Waals surface area contributed by atoms with E-state index < -0.39 is 12.8 Å². The first-order chi connectivity index (χ1) is 7.24. The van der Waals surface area contributed by atoms with E-state index in [-0.39, 0.29) is 0 Å². The molecule has 3 nitrogen and oxygen atoms in total. The molecule has 4 heteroatoms. The molecule has 2 aromatic rings. The van der Waals surface area contributed by atoms with Gasteiger partial charge in [0, 0.05) is 22.7 Å². The standard InChI is InChI=1S/C11H12FNO2/c1-15-8-3-2-7-4-10(11(14)6-12)13-9(7)5-8/h2-5,11,13-14H,6H2,1H3. The van der Waals surface area contributed by atoms with Crippen LogP contribution in [0.4, 0.5) is 4.39 Å². The van der Waals surface area contributed by atoms with Crippen LogP contribution < -0.4 is 4.74 Å². The minimum absolute atomic E-state index is 0.487. The molecular formula is C11H12FNO2. The van der Waals surface area contributed by atoms with E-state index in [0.29, 0.717) is 5.69 Å². The van der Waals surface area contributed by atoms with Crippen molar-refractivity contribution in [3.05, 3.63) is 30.0 Å². The van der Waals surface area contributed by atoms with Gasteiger partial charge in [-0.2, -0.15) is 0 Å². The smallest absolute Gasteiger partial charge is 0.122 e. The number of ether oxygens (including phenoxy) is 1. The summed E-state index contributed by atoms with van der Waals surface area (Å²) in [6, 6.07) is 7.23. The summed E-state index contributed by atoms with van der Waals surface area (Å²) in [6.45, 7) is -0.788. The molecule has 1 unspecified atom stereocenters. The van der Waals surface area contributed by atoms with Crippen LogP contribution in [0, 0.1) is 0 Å². The van der Waals surface area contributed by atoms with Gasteiger partial charge in [0.25, 0.3) is 0 Å². The van der Waals surface area contributed by atoms with E-state index in [2.05, 4.69) is 4.98 Å². The number of aromatic nitrogens is 1. The zero-order chi connectivity index (χ0) is 10.8. The first kappa shape index (κ1) is 9.98. The number of hydrogen-bond donors (Lipinski definition) is 2. The number of methoxy groups -OCH3 is 1. The summed E-state index contributed by atoms with van der Waals surface area (Å²) in [5, 5.41) is 10.2. The van der Waals surface area contributed by atoms with Crippen LogP contribution in [0.2, 0.25) is 0 Å². The van der Waals surface area contributed by atoms with Gasteiger partial charge in [0.05, 0.1) is 7.11 Å². The van der Waals surface area contributed by atoms with E-state index in [0.717, 1.165) is 16.7 Å². The number of aromatic amines is 1. The van der Waals surface area contributed by atoms with Gasteiger partial charge in [0.15, 0.2) is 0 Å². The second-order valence-electron chi connectivity index (χ2n) is 3.35. The van der Waals surface area contributed by atoms with Crippen LogP contribution in [0.3, 0.4) is 0 Å². The molecule has 0 radical (unpaired) electrons. The molecule has 1 heterocycles. The molecule has 80 valence electrons. The largest absolute Gasteiger partial charge is 0.497 e. The maximum atomic E-state index is 12.3. The maximum absolute atomic E-state index is 12.3. The second kappa shape index (κ2) is 3.90. The summed E-state index contributed by atoms with van der Waals surface area (Å²) in [6.07, 6.45) is -1.08. The number of hydrogen-bond acceptors (Lipinski definition) is 2. The third kappa shape index (κ3) is 1.80. The van der Waals surface area contributed by atoms with Gasteiger partial charge in [-0.05, 0) is 18.2 Å². The van der Waals surface area contributed by atoms with Crippen LogP contribution in [-0.2, 0) is 0 Å². The van der Waals surface area contributed by atoms with E-state index in [9.17, 15) is 9.50 Å². The minimum Gasteiger partial charge on any atom is -0.497 e. The Labute approximate surface area is 86.5 Å². The van der Waals surface area contributed by atoms with Crippen molar-refractivity contribution < 1.29 is 14.2 Å². The van der Waals surface area contributed by atoms with Crippen molar-refractivity contribution in [3.63, 3.8) is 0 Å². The van der Waals surface area contributed by atoms with Crippen LogP contribution >= 0.6 is 0 Å². The number of aliphatic hydroxyl groups is 1. The Morgan fingerprint density at radius 1 is 1.47 bits per heavy atom. The molecule has 0 saturated carbocycles. The molecular weight excluding hydrogens is 197 g/mol. The van der Waals surface area contributed by atoms with Crippen LogP contribution in [0.15, 0.2) is 24.3 Å². The molecule has 0 aliphatic rings. The molecule has 0 amide bonds. The number of aliphatic hydroxyl groups excluding tert-OH is 1. The summed E-state index contributed by atoms with van der Waals surface area (Å²) >= 11 is 0. The van der Waals surface area contributed by atoms with Gasteiger partial charge in [-0.25, -0.2) is 4.39 Å². The lowest BCUT2D eigenvalue weighted by Gasteiger charge is -2.00. The molecule has 1 atom stereocenters. The number of nitrogens with one attached hydrogen (secondary N) is 1.